The first-order chi connectivity index (χ1) is 29.5. The number of aryl methyl sites for hydroxylation is 14. The van der Waals surface area contributed by atoms with Gasteiger partial charge in [-0.05, 0) is 153 Å². The van der Waals surface area contributed by atoms with Gasteiger partial charge in [-0.3, -0.25) is 0 Å². The van der Waals surface area contributed by atoms with Gasteiger partial charge in [0.1, 0.15) is 0 Å². The quantitative estimate of drug-likeness (QED) is 0.163. The maximum Gasteiger partial charge on any atom is -0.0181 e. The average molecular weight is 817 g/mol. The van der Waals surface area contributed by atoms with Gasteiger partial charge in [0, 0.05) is 0 Å². The van der Waals surface area contributed by atoms with Crippen LogP contribution in [0.5, 0.6) is 0 Å². The summed E-state index contributed by atoms with van der Waals surface area (Å²) in [5, 5.41) is 0. The van der Waals surface area contributed by atoms with Crippen LogP contribution < -0.4 is 0 Å². The highest BCUT2D eigenvalue weighted by atomic mass is 14.0. The van der Waals surface area contributed by atoms with E-state index >= 15 is 0 Å². The summed E-state index contributed by atoms with van der Waals surface area (Å²) < 4.78 is 0. The Hall–Kier alpha value is -6.24. The number of hydrogen-bond acceptors (Lipinski definition) is 0. The molecule has 0 unspecified atom stereocenters. The third-order valence-corrected chi connectivity index (χ3v) is 10.8. The van der Waals surface area contributed by atoms with Crippen molar-refractivity contribution in [2.45, 2.75) is 96.9 Å². The van der Waals surface area contributed by atoms with Gasteiger partial charge in [0.15, 0.2) is 0 Å². The van der Waals surface area contributed by atoms with Crippen molar-refractivity contribution in [3.8, 4) is 22.3 Å². The second-order valence-corrected chi connectivity index (χ2v) is 16.9. The van der Waals surface area contributed by atoms with Crippen LogP contribution in [0.3, 0.4) is 0 Å². The lowest BCUT2D eigenvalue weighted by Gasteiger charge is -2.04. The second-order valence-electron chi connectivity index (χ2n) is 16.9. The molecule has 0 radical (unpaired) electrons. The van der Waals surface area contributed by atoms with E-state index in [9.17, 15) is 0 Å². The highest BCUT2D eigenvalue weighted by Gasteiger charge is 1.98. The SMILES string of the molecule is Cc1cc(C)c(C)cc1C.Cc1ccc(-c2ccc(C)cc2)cc1.Cc1ccc(-c2cccc(C)c2)cc1.Cc1ccc(C)cc1.Cc1cccc(C)c1.Cc1ccccc1C. The minimum absolute atomic E-state index is 1.29. The lowest BCUT2D eigenvalue weighted by Crippen LogP contribution is -1.86. The monoisotopic (exact) mass is 817 g/mol. The molecule has 0 saturated carbocycles. The Morgan fingerprint density at radius 2 is 0.419 bits per heavy atom. The number of benzene rings is 8. The summed E-state index contributed by atoms with van der Waals surface area (Å²) in [6.45, 7) is 29.7. The fraction of sp³-hybridized carbons (Fsp3) is 0.226. The van der Waals surface area contributed by atoms with Gasteiger partial charge in [-0.25, -0.2) is 0 Å². The zero-order chi connectivity index (χ0) is 45.6. The zero-order valence-corrected chi connectivity index (χ0v) is 40.3. The van der Waals surface area contributed by atoms with E-state index in [0.29, 0.717) is 0 Å². The minimum atomic E-state index is 1.29. The van der Waals surface area contributed by atoms with Crippen molar-refractivity contribution < 1.29 is 0 Å². The lowest BCUT2D eigenvalue weighted by atomic mass is 10.0. The fourth-order valence-corrected chi connectivity index (χ4v) is 6.27. The molecule has 8 aromatic carbocycles. The van der Waals surface area contributed by atoms with Crippen molar-refractivity contribution >= 4 is 0 Å². The number of hydrogen-bond donors (Lipinski definition) is 0. The molecule has 0 aliphatic carbocycles. The average Bonchev–Trinajstić information content (AvgIpc) is 3.24. The molecular formula is C62H72. The van der Waals surface area contributed by atoms with Crippen LogP contribution in [-0.2, 0) is 0 Å². The maximum atomic E-state index is 2.24. The van der Waals surface area contributed by atoms with Gasteiger partial charge in [-0.1, -0.05) is 226 Å². The molecular weight excluding hydrogens is 745 g/mol. The first-order valence-electron chi connectivity index (χ1n) is 21.9. The largest absolute Gasteiger partial charge is 0.0620 e. The molecule has 0 amide bonds. The molecule has 0 nitrogen and oxygen atoms in total. The minimum Gasteiger partial charge on any atom is -0.0620 e. The van der Waals surface area contributed by atoms with E-state index in [0.717, 1.165) is 0 Å². The van der Waals surface area contributed by atoms with Crippen LogP contribution in [0.25, 0.3) is 22.3 Å². The lowest BCUT2D eigenvalue weighted by molar-refractivity contribution is 1.24. The highest BCUT2D eigenvalue weighted by molar-refractivity contribution is 5.65. The van der Waals surface area contributed by atoms with E-state index in [1.165, 1.54) is 100 Å². The van der Waals surface area contributed by atoms with Gasteiger partial charge in [-0.2, -0.15) is 0 Å². The Morgan fingerprint density at radius 3 is 0.677 bits per heavy atom. The first-order valence-corrected chi connectivity index (χ1v) is 21.9. The summed E-state index contributed by atoms with van der Waals surface area (Å²) >= 11 is 0. The van der Waals surface area contributed by atoms with Crippen molar-refractivity contribution in [1.82, 2.24) is 0 Å². The van der Waals surface area contributed by atoms with Crippen molar-refractivity contribution in [2.75, 3.05) is 0 Å². The molecule has 0 aliphatic rings. The maximum absolute atomic E-state index is 2.24. The molecule has 0 heteroatoms. The van der Waals surface area contributed by atoms with E-state index in [1.54, 1.807) is 0 Å². The van der Waals surface area contributed by atoms with E-state index < -0.39 is 0 Å². The molecule has 8 aromatic rings. The van der Waals surface area contributed by atoms with Crippen LogP contribution in [-0.4, -0.2) is 0 Å². The van der Waals surface area contributed by atoms with Crippen LogP contribution in [0.2, 0.25) is 0 Å². The summed E-state index contributed by atoms with van der Waals surface area (Å²) in [4.78, 5) is 0. The molecule has 0 fully saturated rings. The zero-order valence-electron chi connectivity index (χ0n) is 40.3. The van der Waals surface area contributed by atoms with Crippen LogP contribution in [0, 0.1) is 96.9 Å². The van der Waals surface area contributed by atoms with E-state index in [-0.39, 0.29) is 0 Å². The molecule has 320 valence electrons. The fourth-order valence-electron chi connectivity index (χ4n) is 6.27. The Bertz CT molecular complexity index is 2340. The predicted octanol–water partition coefficient (Wildman–Crippen LogP) is 17.8. The molecule has 0 saturated heterocycles. The Labute approximate surface area is 377 Å². The third kappa shape index (κ3) is 19.0. The van der Waals surface area contributed by atoms with Gasteiger partial charge in [0.25, 0.3) is 0 Å². The van der Waals surface area contributed by atoms with Gasteiger partial charge in [0.2, 0.25) is 0 Å². The van der Waals surface area contributed by atoms with Crippen LogP contribution in [0.4, 0.5) is 0 Å². The Balaban J connectivity index is 0.000000202. The van der Waals surface area contributed by atoms with E-state index in [4.69, 9.17) is 0 Å². The first kappa shape index (κ1) is 50.1. The smallest absolute Gasteiger partial charge is 0.0181 e. The van der Waals surface area contributed by atoms with Crippen molar-refractivity contribution in [2.24, 2.45) is 0 Å². The Morgan fingerprint density at radius 1 is 0.161 bits per heavy atom. The normalized spacial score (nSPS) is 9.77. The van der Waals surface area contributed by atoms with Gasteiger partial charge >= 0.3 is 0 Å². The Kier molecular flexibility index (Phi) is 21.2. The van der Waals surface area contributed by atoms with Gasteiger partial charge in [0.05, 0.1) is 0 Å². The van der Waals surface area contributed by atoms with Crippen molar-refractivity contribution in [3.05, 3.63) is 260 Å². The van der Waals surface area contributed by atoms with E-state index in [1.807, 2.05) is 0 Å². The molecule has 0 spiro atoms. The topological polar surface area (TPSA) is 0 Å². The standard InChI is InChI=1S/2C14H14.C10H14.3C8H10/c1-11-3-7-13(8-4-11)14-9-5-12(2)6-10-14;1-11-6-8-13(9-7-11)14-5-3-4-12(2)10-14;1-7-5-9(3)10(4)6-8(7)2;1-7-3-5-8(2)6-4-7;1-7-4-3-5-8(2)6-7;1-7-5-3-4-6-8(7)2/h2*3-10H,1-2H3;5-6H,1-4H3;3*3-6H,1-2H3. The summed E-state index contributed by atoms with van der Waals surface area (Å²) in [5.74, 6) is 0. The van der Waals surface area contributed by atoms with Gasteiger partial charge in [-0.15, -0.1) is 0 Å². The van der Waals surface area contributed by atoms with Crippen molar-refractivity contribution in [3.63, 3.8) is 0 Å². The third-order valence-electron chi connectivity index (χ3n) is 10.8. The molecule has 0 aromatic heterocycles. The van der Waals surface area contributed by atoms with Gasteiger partial charge < -0.3 is 0 Å². The molecule has 62 heavy (non-hydrogen) atoms. The summed E-state index contributed by atoms with van der Waals surface area (Å²) in [6.07, 6.45) is 0. The van der Waals surface area contributed by atoms with Crippen molar-refractivity contribution in [1.29, 1.82) is 0 Å². The van der Waals surface area contributed by atoms with Crippen LogP contribution in [0.15, 0.2) is 182 Å². The number of rotatable bonds is 2. The molecule has 0 N–H and O–H groups in total. The molecule has 0 bridgehead atoms. The van der Waals surface area contributed by atoms with Crippen LogP contribution in [0.1, 0.15) is 77.9 Å². The van der Waals surface area contributed by atoms with E-state index in [2.05, 4.69) is 279 Å². The second kappa shape index (κ2) is 26.2. The summed E-state index contributed by atoms with van der Waals surface area (Å²) in [7, 11) is 0. The molecule has 0 aliphatic heterocycles. The summed E-state index contributed by atoms with van der Waals surface area (Å²) in [5.41, 5.74) is 24.0. The molecule has 0 atom stereocenters. The molecule has 8 rings (SSSR count). The summed E-state index contributed by atoms with van der Waals surface area (Å²) in [6, 6.07) is 64.3. The highest BCUT2D eigenvalue weighted by Crippen LogP contribution is 2.21. The van der Waals surface area contributed by atoms with Crippen LogP contribution >= 0.6 is 0 Å². The predicted molar refractivity (Wildman–Crippen MR) is 276 cm³/mol. The molecule has 0 heterocycles.